The lowest BCUT2D eigenvalue weighted by Gasteiger charge is -2.33. The lowest BCUT2D eigenvalue weighted by atomic mass is 9.97. The van der Waals surface area contributed by atoms with Gasteiger partial charge in [-0.25, -0.2) is 4.98 Å². The first-order valence-corrected chi connectivity index (χ1v) is 14.3. The van der Waals surface area contributed by atoms with Crippen LogP contribution in [0.2, 0.25) is 0 Å². The first-order valence-electron chi connectivity index (χ1n) is 13.4. The SMILES string of the molecule is CC(C)Oc1ccc(C(=O)N2CCC(c3nc(C(=O)NCCCN4CCCCC4C)cs3)CC2)cc1. The summed E-state index contributed by atoms with van der Waals surface area (Å²) in [6.07, 6.45) is 6.70. The largest absolute Gasteiger partial charge is 0.491 e. The third kappa shape index (κ3) is 7.07. The summed E-state index contributed by atoms with van der Waals surface area (Å²) in [4.78, 5) is 34.6. The van der Waals surface area contributed by atoms with Crippen LogP contribution >= 0.6 is 11.3 Å². The number of amides is 2. The second-order valence-corrected chi connectivity index (χ2v) is 11.2. The molecule has 1 N–H and O–H groups in total. The van der Waals surface area contributed by atoms with Crippen LogP contribution in [-0.4, -0.2) is 71.5 Å². The number of ether oxygens (including phenoxy) is 1. The Kier molecular flexibility index (Phi) is 9.37. The summed E-state index contributed by atoms with van der Waals surface area (Å²) in [7, 11) is 0. The van der Waals surface area contributed by atoms with Crippen molar-refractivity contribution in [2.24, 2.45) is 0 Å². The molecule has 0 aliphatic carbocycles. The van der Waals surface area contributed by atoms with E-state index in [1.165, 1.54) is 25.8 Å². The van der Waals surface area contributed by atoms with E-state index in [0.717, 1.165) is 36.6 Å². The summed E-state index contributed by atoms with van der Waals surface area (Å²) in [5, 5.41) is 5.92. The first-order chi connectivity index (χ1) is 17.4. The van der Waals surface area contributed by atoms with Crippen molar-refractivity contribution >= 4 is 23.2 Å². The molecule has 1 aromatic carbocycles. The molecule has 0 bridgehead atoms. The van der Waals surface area contributed by atoms with E-state index in [1.54, 1.807) is 11.3 Å². The number of hydrogen-bond acceptors (Lipinski definition) is 6. The van der Waals surface area contributed by atoms with Crippen LogP contribution in [0.15, 0.2) is 29.6 Å². The van der Waals surface area contributed by atoms with Gasteiger partial charge in [0.15, 0.2) is 0 Å². The zero-order chi connectivity index (χ0) is 25.5. The van der Waals surface area contributed by atoms with E-state index in [2.05, 4.69) is 22.1 Å². The molecule has 7 nitrogen and oxygen atoms in total. The molecule has 0 spiro atoms. The molecule has 2 aliphatic heterocycles. The Hall–Kier alpha value is -2.45. The quantitative estimate of drug-likeness (QED) is 0.482. The van der Waals surface area contributed by atoms with Gasteiger partial charge in [-0.15, -0.1) is 11.3 Å². The highest BCUT2D eigenvalue weighted by molar-refractivity contribution is 7.09. The fourth-order valence-corrected chi connectivity index (χ4v) is 6.08. The van der Waals surface area contributed by atoms with Gasteiger partial charge in [-0.1, -0.05) is 6.42 Å². The van der Waals surface area contributed by atoms with Crippen molar-refractivity contribution in [3.8, 4) is 5.75 Å². The molecule has 0 saturated carbocycles. The molecule has 2 amide bonds. The molecule has 2 aromatic rings. The third-order valence-electron chi connectivity index (χ3n) is 7.21. The number of hydrogen-bond donors (Lipinski definition) is 1. The van der Waals surface area contributed by atoms with E-state index in [-0.39, 0.29) is 17.9 Å². The van der Waals surface area contributed by atoms with Gasteiger partial charge < -0.3 is 19.9 Å². The second kappa shape index (κ2) is 12.7. The van der Waals surface area contributed by atoms with Crippen LogP contribution in [-0.2, 0) is 0 Å². The number of aromatic nitrogens is 1. The highest BCUT2D eigenvalue weighted by atomic mass is 32.1. The molecule has 1 aromatic heterocycles. The third-order valence-corrected chi connectivity index (χ3v) is 8.21. The van der Waals surface area contributed by atoms with E-state index in [0.29, 0.717) is 42.9 Å². The van der Waals surface area contributed by atoms with E-state index in [9.17, 15) is 9.59 Å². The Bertz CT molecular complexity index is 998. The summed E-state index contributed by atoms with van der Waals surface area (Å²) in [6.45, 7) is 10.6. The monoisotopic (exact) mass is 512 g/mol. The molecule has 4 rings (SSSR count). The smallest absolute Gasteiger partial charge is 0.270 e. The molecule has 2 saturated heterocycles. The number of carbonyl (C=O) groups excluding carboxylic acids is 2. The molecule has 1 atom stereocenters. The van der Waals surface area contributed by atoms with Crippen molar-refractivity contribution in [3.63, 3.8) is 0 Å². The van der Waals surface area contributed by atoms with Gasteiger partial charge in [0.05, 0.1) is 11.1 Å². The average Bonchev–Trinajstić information content (AvgIpc) is 3.38. The number of benzene rings is 1. The number of nitrogens with zero attached hydrogens (tertiary/aromatic N) is 3. The van der Waals surface area contributed by atoms with Gasteiger partial charge in [-0.05, 0) is 83.7 Å². The van der Waals surface area contributed by atoms with Crippen LogP contribution < -0.4 is 10.1 Å². The van der Waals surface area contributed by atoms with Crippen LogP contribution in [0.25, 0.3) is 0 Å². The summed E-state index contributed by atoms with van der Waals surface area (Å²) in [5.74, 6) is 1.05. The van der Waals surface area contributed by atoms with Gasteiger partial charge >= 0.3 is 0 Å². The molecule has 8 heteroatoms. The fraction of sp³-hybridized carbons (Fsp3) is 0.607. The Morgan fingerprint density at radius 2 is 1.86 bits per heavy atom. The van der Waals surface area contributed by atoms with Crippen molar-refractivity contribution in [2.45, 2.75) is 77.4 Å². The first kappa shape index (κ1) is 26.6. The summed E-state index contributed by atoms with van der Waals surface area (Å²) in [6, 6.07) is 8.05. The van der Waals surface area contributed by atoms with E-state index in [1.807, 2.05) is 48.4 Å². The molecular weight excluding hydrogens is 472 g/mol. The lowest BCUT2D eigenvalue weighted by molar-refractivity contribution is 0.0713. The van der Waals surface area contributed by atoms with Gasteiger partial charge in [0, 0.05) is 49.1 Å². The maximum absolute atomic E-state index is 12.9. The Labute approximate surface area is 219 Å². The van der Waals surface area contributed by atoms with Gasteiger partial charge in [-0.3, -0.25) is 9.59 Å². The summed E-state index contributed by atoms with van der Waals surface area (Å²) < 4.78 is 5.67. The lowest BCUT2D eigenvalue weighted by Crippen LogP contribution is -2.39. The topological polar surface area (TPSA) is 74.8 Å². The Morgan fingerprint density at radius 1 is 1.11 bits per heavy atom. The molecule has 196 valence electrons. The standard InChI is InChI=1S/C28H40N4O3S/c1-20(2)35-24-10-8-23(9-11-24)28(34)32-17-12-22(13-18-32)27-30-25(19-36-27)26(33)29-14-6-16-31-15-5-4-7-21(31)3/h8-11,19-22H,4-7,12-18H2,1-3H3,(H,29,33). The van der Waals surface area contributed by atoms with Crippen LogP contribution in [0.1, 0.15) is 91.1 Å². The number of carbonyl (C=O) groups is 2. The van der Waals surface area contributed by atoms with Crippen molar-refractivity contribution in [3.05, 3.63) is 45.9 Å². The van der Waals surface area contributed by atoms with Crippen molar-refractivity contribution in [1.29, 1.82) is 0 Å². The van der Waals surface area contributed by atoms with Crippen LogP contribution in [0.5, 0.6) is 5.75 Å². The summed E-state index contributed by atoms with van der Waals surface area (Å²) >= 11 is 1.56. The Balaban J connectivity index is 1.20. The van der Waals surface area contributed by atoms with Gasteiger partial charge in [0.25, 0.3) is 11.8 Å². The molecule has 1 unspecified atom stereocenters. The van der Waals surface area contributed by atoms with E-state index >= 15 is 0 Å². The number of thiazole rings is 1. The van der Waals surface area contributed by atoms with E-state index < -0.39 is 0 Å². The highest BCUT2D eigenvalue weighted by Crippen LogP contribution is 2.31. The zero-order valence-corrected chi connectivity index (χ0v) is 22.7. The van der Waals surface area contributed by atoms with Crippen molar-refractivity contribution in [1.82, 2.24) is 20.1 Å². The number of likely N-dealkylation sites (tertiary alicyclic amines) is 2. The van der Waals surface area contributed by atoms with Crippen molar-refractivity contribution < 1.29 is 14.3 Å². The molecule has 3 heterocycles. The van der Waals surface area contributed by atoms with Crippen LogP contribution in [0, 0.1) is 0 Å². The zero-order valence-electron chi connectivity index (χ0n) is 21.9. The molecular formula is C28H40N4O3S. The maximum atomic E-state index is 12.9. The molecule has 0 radical (unpaired) electrons. The predicted molar refractivity (Wildman–Crippen MR) is 144 cm³/mol. The normalized spacial score (nSPS) is 19.4. The highest BCUT2D eigenvalue weighted by Gasteiger charge is 2.27. The van der Waals surface area contributed by atoms with E-state index in [4.69, 9.17) is 4.74 Å². The van der Waals surface area contributed by atoms with Crippen LogP contribution in [0.3, 0.4) is 0 Å². The molecule has 36 heavy (non-hydrogen) atoms. The fourth-order valence-electron chi connectivity index (χ4n) is 5.10. The average molecular weight is 513 g/mol. The van der Waals surface area contributed by atoms with Crippen molar-refractivity contribution in [2.75, 3.05) is 32.7 Å². The van der Waals surface area contributed by atoms with Gasteiger partial charge in [-0.2, -0.15) is 0 Å². The number of nitrogens with one attached hydrogen (secondary N) is 1. The Morgan fingerprint density at radius 3 is 2.56 bits per heavy atom. The number of piperidine rings is 2. The summed E-state index contributed by atoms with van der Waals surface area (Å²) in [5.41, 5.74) is 1.20. The van der Waals surface area contributed by atoms with Gasteiger partial charge in [0.2, 0.25) is 0 Å². The predicted octanol–water partition coefficient (Wildman–Crippen LogP) is 4.94. The van der Waals surface area contributed by atoms with Gasteiger partial charge in [0.1, 0.15) is 11.4 Å². The number of rotatable bonds is 9. The minimum absolute atomic E-state index is 0.0581. The minimum atomic E-state index is -0.0818. The minimum Gasteiger partial charge on any atom is -0.491 e. The molecule has 2 aliphatic rings. The molecule has 2 fully saturated rings. The second-order valence-electron chi connectivity index (χ2n) is 10.3. The van der Waals surface area contributed by atoms with Crippen LogP contribution in [0.4, 0.5) is 0 Å². The maximum Gasteiger partial charge on any atom is 0.270 e.